The van der Waals surface area contributed by atoms with Gasteiger partial charge in [-0.2, -0.15) is 0 Å². The van der Waals surface area contributed by atoms with Gasteiger partial charge in [0, 0.05) is 16.1 Å². The van der Waals surface area contributed by atoms with E-state index in [2.05, 4.69) is 10.6 Å². The Kier molecular flexibility index (Phi) is 6.42. The van der Waals surface area contributed by atoms with Gasteiger partial charge in [-0.3, -0.25) is 10.1 Å². The predicted octanol–water partition coefficient (Wildman–Crippen LogP) is 5.17. The lowest BCUT2D eigenvalue weighted by Gasteiger charge is -2.10. The standard InChI is InChI=1S/C16H11Cl3N2OS/c17-11-4-1-10(2-5-11)3-8-15(22)21-16(23)20-14-9-12(18)6-7-13(14)19/h1-9H,(H2,20,21,22,23)/b8-3+. The average Bonchev–Trinajstić information content (AvgIpc) is 2.50. The van der Waals surface area contributed by atoms with E-state index in [4.69, 9.17) is 47.0 Å². The van der Waals surface area contributed by atoms with E-state index in [1.807, 2.05) is 0 Å². The molecule has 0 saturated heterocycles. The zero-order valence-corrected chi connectivity index (χ0v) is 14.7. The van der Waals surface area contributed by atoms with Gasteiger partial charge >= 0.3 is 0 Å². The van der Waals surface area contributed by atoms with E-state index in [9.17, 15) is 4.79 Å². The summed E-state index contributed by atoms with van der Waals surface area (Å²) in [5.74, 6) is -0.365. The van der Waals surface area contributed by atoms with Crippen LogP contribution in [0.15, 0.2) is 48.5 Å². The molecule has 0 radical (unpaired) electrons. The van der Waals surface area contributed by atoms with Gasteiger partial charge in [-0.15, -0.1) is 0 Å². The van der Waals surface area contributed by atoms with Crippen molar-refractivity contribution in [1.82, 2.24) is 5.32 Å². The quantitative estimate of drug-likeness (QED) is 0.565. The van der Waals surface area contributed by atoms with Crippen LogP contribution in [0.3, 0.4) is 0 Å². The monoisotopic (exact) mass is 384 g/mol. The molecule has 0 spiro atoms. The fourth-order valence-corrected chi connectivity index (χ4v) is 2.32. The summed E-state index contributed by atoms with van der Waals surface area (Å²) in [7, 11) is 0. The van der Waals surface area contributed by atoms with Crippen molar-refractivity contribution in [2.45, 2.75) is 0 Å². The number of nitrogens with one attached hydrogen (secondary N) is 2. The zero-order valence-electron chi connectivity index (χ0n) is 11.6. The van der Waals surface area contributed by atoms with E-state index >= 15 is 0 Å². The number of anilines is 1. The molecule has 0 aliphatic rings. The van der Waals surface area contributed by atoms with Crippen molar-refractivity contribution in [2.75, 3.05) is 5.32 Å². The van der Waals surface area contributed by atoms with Crippen LogP contribution in [0.5, 0.6) is 0 Å². The Hall–Kier alpha value is -1.59. The summed E-state index contributed by atoms with van der Waals surface area (Å²) in [4.78, 5) is 11.8. The van der Waals surface area contributed by atoms with Gasteiger partial charge in [-0.25, -0.2) is 0 Å². The van der Waals surface area contributed by atoms with Gasteiger partial charge in [0.05, 0.1) is 10.7 Å². The minimum Gasteiger partial charge on any atom is -0.331 e. The van der Waals surface area contributed by atoms with Crippen molar-refractivity contribution in [3.8, 4) is 0 Å². The zero-order chi connectivity index (χ0) is 16.8. The number of thiocarbonyl (C=S) groups is 1. The Labute approximate surface area is 154 Å². The van der Waals surface area contributed by atoms with Gasteiger partial charge in [0.1, 0.15) is 0 Å². The van der Waals surface area contributed by atoms with Crippen molar-refractivity contribution in [2.24, 2.45) is 0 Å². The van der Waals surface area contributed by atoms with Crippen molar-refractivity contribution < 1.29 is 4.79 Å². The highest BCUT2D eigenvalue weighted by Crippen LogP contribution is 2.25. The number of benzene rings is 2. The van der Waals surface area contributed by atoms with E-state index in [1.54, 1.807) is 48.5 Å². The molecule has 0 saturated carbocycles. The van der Waals surface area contributed by atoms with Crippen LogP contribution in [-0.4, -0.2) is 11.0 Å². The molecule has 2 aromatic rings. The number of hydrogen-bond acceptors (Lipinski definition) is 2. The topological polar surface area (TPSA) is 41.1 Å². The molecule has 3 nitrogen and oxygen atoms in total. The van der Waals surface area contributed by atoms with Crippen LogP contribution in [0.1, 0.15) is 5.56 Å². The molecule has 1 amide bonds. The first-order valence-electron chi connectivity index (χ1n) is 6.45. The molecule has 0 bridgehead atoms. The lowest BCUT2D eigenvalue weighted by Crippen LogP contribution is -2.32. The van der Waals surface area contributed by atoms with Crippen molar-refractivity contribution in [1.29, 1.82) is 0 Å². The van der Waals surface area contributed by atoms with E-state index in [0.717, 1.165) is 5.56 Å². The molecule has 0 aliphatic heterocycles. The Morgan fingerprint density at radius 2 is 1.65 bits per heavy atom. The molecule has 0 atom stereocenters. The molecular weight excluding hydrogens is 375 g/mol. The summed E-state index contributed by atoms with van der Waals surface area (Å²) in [6.45, 7) is 0. The highest BCUT2D eigenvalue weighted by atomic mass is 35.5. The maximum atomic E-state index is 11.8. The second-order valence-electron chi connectivity index (χ2n) is 4.45. The largest absolute Gasteiger partial charge is 0.331 e. The first-order valence-corrected chi connectivity index (χ1v) is 7.99. The molecule has 2 aromatic carbocycles. The Bertz CT molecular complexity index is 760. The Balaban J connectivity index is 1.93. The fourth-order valence-electron chi connectivity index (χ4n) is 1.65. The SMILES string of the molecule is O=C(/C=C/c1ccc(Cl)cc1)NC(=S)Nc1cc(Cl)ccc1Cl. The number of carbonyl (C=O) groups is 1. The minimum atomic E-state index is -0.365. The van der Waals surface area contributed by atoms with E-state index < -0.39 is 0 Å². The normalized spacial score (nSPS) is 10.6. The van der Waals surface area contributed by atoms with Crippen molar-refractivity contribution in [3.05, 3.63) is 69.2 Å². The van der Waals surface area contributed by atoms with Gasteiger partial charge in [0.25, 0.3) is 0 Å². The van der Waals surface area contributed by atoms with Crippen molar-refractivity contribution in [3.63, 3.8) is 0 Å². The third-order valence-corrected chi connectivity index (χ3v) is 3.73. The maximum Gasteiger partial charge on any atom is 0.250 e. The molecule has 0 fully saturated rings. The number of rotatable bonds is 3. The first kappa shape index (κ1) is 17.8. The van der Waals surface area contributed by atoms with Crippen LogP contribution in [0.2, 0.25) is 15.1 Å². The minimum absolute atomic E-state index is 0.125. The number of hydrogen-bond donors (Lipinski definition) is 2. The summed E-state index contributed by atoms with van der Waals surface area (Å²) < 4.78 is 0. The molecule has 0 aliphatic carbocycles. The molecular formula is C16H11Cl3N2OS. The molecule has 2 rings (SSSR count). The molecule has 0 aromatic heterocycles. The number of carbonyl (C=O) groups excluding carboxylic acids is 1. The van der Waals surface area contributed by atoms with Gasteiger partial charge in [-0.05, 0) is 54.2 Å². The van der Waals surface area contributed by atoms with E-state index in [-0.39, 0.29) is 11.0 Å². The molecule has 23 heavy (non-hydrogen) atoms. The van der Waals surface area contributed by atoms with Gasteiger partial charge in [-0.1, -0.05) is 46.9 Å². The van der Waals surface area contributed by atoms with Crippen LogP contribution in [0.4, 0.5) is 5.69 Å². The summed E-state index contributed by atoms with van der Waals surface area (Å²) >= 11 is 22.8. The Morgan fingerprint density at radius 3 is 2.35 bits per heavy atom. The lowest BCUT2D eigenvalue weighted by molar-refractivity contribution is -0.115. The number of halogens is 3. The van der Waals surface area contributed by atoms with Gasteiger partial charge < -0.3 is 5.32 Å². The second kappa shape index (κ2) is 8.31. The summed E-state index contributed by atoms with van der Waals surface area (Å²) in [6.07, 6.45) is 3.03. The average molecular weight is 386 g/mol. The molecule has 118 valence electrons. The van der Waals surface area contributed by atoms with Gasteiger partial charge in [0.15, 0.2) is 5.11 Å². The second-order valence-corrected chi connectivity index (χ2v) is 6.14. The van der Waals surface area contributed by atoms with Crippen molar-refractivity contribution >= 4 is 69.8 Å². The molecule has 2 N–H and O–H groups in total. The third-order valence-electron chi connectivity index (χ3n) is 2.71. The summed E-state index contributed by atoms with van der Waals surface area (Å²) in [6, 6.07) is 12.0. The van der Waals surface area contributed by atoms with Crippen LogP contribution < -0.4 is 10.6 Å². The smallest absolute Gasteiger partial charge is 0.250 e. The van der Waals surface area contributed by atoms with E-state index in [0.29, 0.717) is 20.8 Å². The highest BCUT2D eigenvalue weighted by molar-refractivity contribution is 7.80. The summed E-state index contributed by atoms with van der Waals surface area (Å²) in [5, 5.41) is 7.06. The Morgan fingerprint density at radius 1 is 1.00 bits per heavy atom. The first-order chi connectivity index (χ1) is 10.9. The van der Waals surface area contributed by atoms with Crippen LogP contribution >= 0.6 is 47.0 Å². The van der Waals surface area contributed by atoms with E-state index in [1.165, 1.54) is 6.08 Å². The van der Waals surface area contributed by atoms with Crippen LogP contribution in [-0.2, 0) is 4.79 Å². The lowest BCUT2D eigenvalue weighted by atomic mass is 10.2. The summed E-state index contributed by atoms with van der Waals surface area (Å²) in [5.41, 5.74) is 1.37. The molecule has 7 heteroatoms. The molecule has 0 heterocycles. The molecule has 0 unspecified atom stereocenters. The maximum absolute atomic E-state index is 11.8. The van der Waals surface area contributed by atoms with Crippen LogP contribution in [0, 0.1) is 0 Å². The number of amides is 1. The predicted molar refractivity (Wildman–Crippen MR) is 101 cm³/mol. The van der Waals surface area contributed by atoms with Crippen LogP contribution in [0.25, 0.3) is 6.08 Å². The van der Waals surface area contributed by atoms with Gasteiger partial charge in [0.2, 0.25) is 5.91 Å². The third kappa shape index (κ3) is 5.84. The highest BCUT2D eigenvalue weighted by Gasteiger charge is 2.05. The fraction of sp³-hybridized carbons (Fsp3) is 0.